The molecule has 0 aromatic carbocycles. The van der Waals surface area contributed by atoms with Crippen LogP contribution in [0.3, 0.4) is 0 Å². The number of nitrogens with zero attached hydrogens (tertiary/aromatic N) is 2. The topological polar surface area (TPSA) is 35.6 Å². The van der Waals surface area contributed by atoms with E-state index in [2.05, 4.69) is 17.3 Å². The number of rotatable bonds is 3. The standard InChI is InChI=1S/C13H25N3O/c1-15-7-5-11(9-15)10-16(2)13(17)12-4-3-6-14-8-12/h11-12,14H,3-10H2,1-2H3. The average molecular weight is 239 g/mol. The zero-order chi connectivity index (χ0) is 12.3. The second-order valence-electron chi connectivity index (χ2n) is 5.68. The van der Waals surface area contributed by atoms with Crippen LogP contribution < -0.4 is 5.32 Å². The van der Waals surface area contributed by atoms with Gasteiger partial charge in [-0.2, -0.15) is 0 Å². The van der Waals surface area contributed by atoms with Crippen molar-refractivity contribution in [3.8, 4) is 0 Å². The summed E-state index contributed by atoms with van der Waals surface area (Å²) in [6.45, 7) is 5.19. The Hall–Kier alpha value is -0.610. The predicted octanol–water partition coefficient (Wildman–Crippen LogP) is 0.396. The van der Waals surface area contributed by atoms with Crippen LogP contribution >= 0.6 is 0 Å². The first-order valence-corrected chi connectivity index (χ1v) is 6.81. The van der Waals surface area contributed by atoms with Gasteiger partial charge in [-0.1, -0.05) is 0 Å². The summed E-state index contributed by atoms with van der Waals surface area (Å²) in [5.41, 5.74) is 0. The Morgan fingerprint density at radius 1 is 1.47 bits per heavy atom. The molecule has 0 spiro atoms. The van der Waals surface area contributed by atoms with Crippen LogP contribution in [0.25, 0.3) is 0 Å². The molecule has 0 aliphatic carbocycles. The highest BCUT2D eigenvalue weighted by Gasteiger charge is 2.27. The monoisotopic (exact) mass is 239 g/mol. The number of piperidine rings is 1. The summed E-state index contributed by atoms with van der Waals surface area (Å²) in [7, 11) is 4.13. The van der Waals surface area contributed by atoms with Crippen molar-refractivity contribution >= 4 is 5.91 Å². The van der Waals surface area contributed by atoms with E-state index in [1.165, 1.54) is 13.0 Å². The van der Waals surface area contributed by atoms with Gasteiger partial charge in [-0.05, 0) is 45.3 Å². The molecule has 4 heteroatoms. The van der Waals surface area contributed by atoms with Crippen LogP contribution in [-0.4, -0.2) is 62.5 Å². The third-order valence-corrected chi connectivity index (χ3v) is 4.04. The number of amides is 1. The van der Waals surface area contributed by atoms with Crippen molar-refractivity contribution in [1.29, 1.82) is 0 Å². The molecular weight excluding hydrogens is 214 g/mol. The summed E-state index contributed by atoms with van der Waals surface area (Å²) in [6, 6.07) is 0. The molecule has 2 rings (SSSR count). The third-order valence-electron chi connectivity index (χ3n) is 4.04. The predicted molar refractivity (Wildman–Crippen MR) is 68.8 cm³/mol. The van der Waals surface area contributed by atoms with Crippen LogP contribution in [0.2, 0.25) is 0 Å². The fraction of sp³-hybridized carbons (Fsp3) is 0.923. The van der Waals surface area contributed by atoms with Crippen molar-refractivity contribution in [1.82, 2.24) is 15.1 Å². The molecule has 98 valence electrons. The number of hydrogen-bond donors (Lipinski definition) is 1. The molecule has 2 fully saturated rings. The van der Waals surface area contributed by atoms with Crippen molar-refractivity contribution in [2.24, 2.45) is 11.8 Å². The average Bonchev–Trinajstić information content (AvgIpc) is 2.75. The van der Waals surface area contributed by atoms with Crippen molar-refractivity contribution in [3.05, 3.63) is 0 Å². The van der Waals surface area contributed by atoms with Gasteiger partial charge in [0.15, 0.2) is 0 Å². The van der Waals surface area contributed by atoms with E-state index in [1.807, 2.05) is 11.9 Å². The molecule has 0 radical (unpaired) electrons. The van der Waals surface area contributed by atoms with Gasteiger partial charge in [0.1, 0.15) is 0 Å². The molecule has 2 unspecified atom stereocenters. The molecule has 4 nitrogen and oxygen atoms in total. The Kier molecular flexibility index (Phi) is 4.40. The van der Waals surface area contributed by atoms with E-state index in [9.17, 15) is 4.79 Å². The minimum atomic E-state index is 0.216. The number of likely N-dealkylation sites (tertiary alicyclic amines) is 1. The van der Waals surface area contributed by atoms with E-state index in [-0.39, 0.29) is 5.92 Å². The summed E-state index contributed by atoms with van der Waals surface area (Å²) in [4.78, 5) is 16.6. The van der Waals surface area contributed by atoms with E-state index in [4.69, 9.17) is 0 Å². The van der Waals surface area contributed by atoms with Gasteiger partial charge in [0.05, 0.1) is 5.92 Å². The highest BCUT2D eigenvalue weighted by atomic mass is 16.2. The lowest BCUT2D eigenvalue weighted by Gasteiger charge is -2.28. The van der Waals surface area contributed by atoms with Crippen LogP contribution in [0.15, 0.2) is 0 Å². The molecule has 2 aliphatic heterocycles. The van der Waals surface area contributed by atoms with Crippen molar-refractivity contribution in [2.75, 3.05) is 46.8 Å². The molecule has 2 aliphatic rings. The number of nitrogens with one attached hydrogen (secondary N) is 1. The Labute approximate surface area is 104 Å². The van der Waals surface area contributed by atoms with Crippen molar-refractivity contribution in [3.63, 3.8) is 0 Å². The first-order valence-electron chi connectivity index (χ1n) is 6.81. The maximum absolute atomic E-state index is 12.2. The normalized spacial score (nSPS) is 30.5. The molecule has 1 amide bonds. The molecule has 0 saturated carbocycles. The molecule has 0 aromatic rings. The van der Waals surface area contributed by atoms with Gasteiger partial charge in [-0.15, -0.1) is 0 Å². The summed E-state index contributed by atoms with van der Waals surface area (Å²) in [5, 5.41) is 3.32. The van der Waals surface area contributed by atoms with E-state index in [0.717, 1.165) is 39.0 Å². The van der Waals surface area contributed by atoms with Crippen molar-refractivity contribution < 1.29 is 4.79 Å². The summed E-state index contributed by atoms with van der Waals surface area (Å²) >= 11 is 0. The van der Waals surface area contributed by atoms with Gasteiger partial charge >= 0.3 is 0 Å². The van der Waals surface area contributed by atoms with Crippen LogP contribution in [0.5, 0.6) is 0 Å². The molecule has 2 saturated heterocycles. The maximum atomic E-state index is 12.2. The van der Waals surface area contributed by atoms with Crippen LogP contribution in [-0.2, 0) is 4.79 Å². The zero-order valence-electron chi connectivity index (χ0n) is 11.1. The Bertz CT molecular complexity index is 263. The first kappa shape index (κ1) is 12.8. The molecular formula is C13H25N3O. The largest absolute Gasteiger partial charge is 0.345 e. The summed E-state index contributed by atoms with van der Waals surface area (Å²) < 4.78 is 0. The van der Waals surface area contributed by atoms with Gasteiger partial charge in [-0.25, -0.2) is 0 Å². The van der Waals surface area contributed by atoms with Gasteiger partial charge in [-0.3, -0.25) is 4.79 Å². The molecule has 17 heavy (non-hydrogen) atoms. The van der Waals surface area contributed by atoms with Gasteiger partial charge in [0.2, 0.25) is 5.91 Å². The fourth-order valence-corrected chi connectivity index (χ4v) is 3.03. The molecule has 0 bridgehead atoms. The lowest BCUT2D eigenvalue weighted by molar-refractivity contribution is -0.135. The lowest BCUT2D eigenvalue weighted by Crippen LogP contribution is -2.43. The highest BCUT2D eigenvalue weighted by molar-refractivity contribution is 5.78. The van der Waals surface area contributed by atoms with Crippen LogP contribution in [0.1, 0.15) is 19.3 Å². The van der Waals surface area contributed by atoms with Gasteiger partial charge in [0, 0.05) is 26.7 Å². The van der Waals surface area contributed by atoms with Gasteiger partial charge < -0.3 is 15.1 Å². The van der Waals surface area contributed by atoms with E-state index in [0.29, 0.717) is 11.8 Å². The second-order valence-corrected chi connectivity index (χ2v) is 5.68. The van der Waals surface area contributed by atoms with Crippen LogP contribution in [0, 0.1) is 11.8 Å². The highest BCUT2D eigenvalue weighted by Crippen LogP contribution is 2.18. The van der Waals surface area contributed by atoms with Crippen molar-refractivity contribution in [2.45, 2.75) is 19.3 Å². The Balaban J connectivity index is 1.78. The van der Waals surface area contributed by atoms with E-state index >= 15 is 0 Å². The minimum Gasteiger partial charge on any atom is -0.345 e. The number of carbonyl (C=O) groups excluding carboxylic acids is 1. The first-order chi connectivity index (χ1) is 8.16. The Morgan fingerprint density at radius 2 is 2.29 bits per heavy atom. The summed E-state index contributed by atoms with van der Waals surface area (Å²) in [5.74, 6) is 1.23. The maximum Gasteiger partial charge on any atom is 0.226 e. The SMILES string of the molecule is CN1CCC(CN(C)C(=O)C2CCCNC2)C1. The lowest BCUT2D eigenvalue weighted by atomic mass is 9.97. The third kappa shape index (κ3) is 3.42. The van der Waals surface area contributed by atoms with Crippen LogP contribution in [0.4, 0.5) is 0 Å². The summed E-state index contributed by atoms with van der Waals surface area (Å²) in [6.07, 6.45) is 3.42. The molecule has 2 atom stereocenters. The molecule has 2 heterocycles. The fourth-order valence-electron chi connectivity index (χ4n) is 3.03. The van der Waals surface area contributed by atoms with Gasteiger partial charge in [0.25, 0.3) is 0 Å². The molecule has 0 aromatic heterocycles. The second kappa shape index (κ2) is 5.83. The van der Waals surface area contributed by atoms with E-state index < -0.39 is 0 Å². The smallest absolute Gasteiger partial charge is 0.226 e. The quantitative estimate of drug-likeness (QED) is 0.774. The molecule has 1 N–H and O–H groups in total. The van der Waals surface area contributed by atoms with E-state index in [1.54, 1.807) is 0 Å². The minimum absolute atomic E-state index is 0.216. The number of carbonyl (C=O) groups is 1. The Morgan fingerprint density at radius 3 is 2.88 bits per heavy atom. The zero-order valence-corrected chi connectivity index (χ0v) is 11.1. The number of hydrogen-bond acceptors (Lipinski definition) is 3.